The fraction of sp³-hybridized carbons (Fsp3) is 0.533. The minimum absolute atomic E-state index is 0.473. The van der Waals surface area contributed by atoms with Gasteiger partial charge in [-0.2, -0.15) is 0 Å². The SMILES string of the molecule is CCN1CCCC(Nc2cccc(SC)c2C(N)=S)C1. The third-order valence-corrected chi connectivity index (χ3v) is 4.79. The number of nitrogens with two attached hydrogens (primary N) is 1. The van der Waals surface area contributed by atoms with Crippen LogP contribution in [0.4, 0.5) is 5.69 Å². The Labute approximate surface area is 131 Å². The van der Waals surface area contributed by atoms with Crippen LogP contribution in [0.1, 0.15) is 25.3 Å². The van der Waals surface area contributed by atoms with Gasteiger partial charge in [0.25, 0.3) is 0 Å². The highest BCUT2D eigenvalue weighted by Gasteiger charge is 2.20. The summed E-state index contributed by atoms with van der Waals surface area (Å²) in [5.41, 5.74) is 7.98. The number of piperidine rings is 1. The van der Waals surface area contributed by atoms with Gasteiger partial charge >= 0.3 is 0 Å². The quantitative estimate of drug-likeness (QED) is 0.646. The van der Waals surface area contributed by atoms with E-state index in [0.29, 0.717) is 11.0 Å². The first-order valence-electron chi connectivity index (χ1n) is 7.11. The molecule has 1 atom stereocenters. The number of nitrogens with one attached hydrogen (secondary N) is 1. The van der Waals surface area contributed by atoms with Crippen molar-refractivity contribution in [3.8, 4) is 0 Å². The summed E-state index contributed by atoms with van der Waals surface area (Å²) in [6.45, 7) is 5.64. The standard InChI is InChI=1S/C15H23N3S2/c1-3-18-9-5-6-11(10-18)17-12-7-4-8-13(20-2)14(12)15(16)19/h4,7-8,11,17H,3,5-6,9-10H2,1-2H3,(H2,16,19). The number of benzene rings is 1. The molecule has 20 heavy (non-hydrogen) atoms. The van der Waals surface area contributed by atoms with Gasteiger partial charge in [0.15, 0.2) is 0 Å². The second kappa shape index (κ2) is 7.29. The van der Waals surface area contributed by atoms with Crippen molar-refractivity contribution in [1.29, 1.82) is 0 Å². The summed E-state index contributed by atoms with van der Waals surface area (Å²) in [4.78, 5) is 4.10. The highest BCUT2D eigenvalue weighted by atomic mass is 32.2. The molecule has 0 radical (unpaired) electrons. The van der Waals surface area contributed by atoms with Gasteiger partial charge in [-0.05, 0) is 44.3 Å². The van der Waals surface area contributed by atoms with Gasteiger partial charge in [-0.25, -0.2) is 0 Å². The number of nitrogens with zero attached hydrogens (tertiary/aromatic N) is 1. The molecule has 0 aromatic heterocycles. The van der Waals surface area contributed by atoms with Crippen LogP contribution in [0.2, 0.25) is 0 Å². The number of thioether (sulfide) groups is 1. The first-order valence-corrected chi connectivity index (χ1v) is 8.74. The van der Waals surface area contributed by atoms with E-state index >= 15 is 0 Å². The van der Waals surface area contributed by atoms with Gasteiger partial charge in [0, 0.05) is 28.7 Å². The molecule has 1 aliphatic rings. The predicted molar refractivity (Wildman–Crippen MR) is 92.9 cm³/mol. The molecule has 0 bridgehead atoms. The van der Waals surface area contributed by atoms with Crippen LogP contribution in [0.15, 0.2) is 23.1 Å². The van der Waals surface area contributed by atoms with Crippen molar-refractivity contribution in [2.75, 3.05) is 31.2 Å². The van der Waals surface area contributed by atoms with Crippen molar-refractivity contribution in [2.45, 2.75) is 30.7 Å². The zero-order valence-corrected chi connectivity index (χ0v) is 13.8. The lowest BCUT2D eigenvalue weighted by Crippen LogP contribution is -2.42. The smallest absolute Gasteiger partial charge is 0.107 e. The van der Waals surface area contributed by atoms with Crippen molar-refractivity contribution < 1.29 is 0 Å². The van der Waals surface area contributed by atoms with Gasteiger partial charge in [0.2, 0.25) is 0 Å². The predicted octanol–water partition coefficient (Wildman–Crippen LogP) is 2.94. The topological polar surface area (TPSA) is 41.3 Å². The van der Waals surface area contributed by atoms with Crippen molar-refractivity contribution in [3.05, 3.63) is 23.8 Å². The van der Waals surface area contributed by atoms with Crippen LogP contribution in [-0.2, 0) is 0 Å². The third-order valence-electron chi connectivity index (χ3n) is 3.80. The second-order valence-electron chi connectivity index (χ2n) is 5.12. The summed E-state index contributed by atoms with van der Waals surface area (Å²) >= 11 is 6.92. The molecule has 2 rings (SSSR count). The van der Waals surface area contributed by atoms with Gasteiger partial charge in [0.1, 0.15) is 4.99 Å². The fourth-order valence-corrected chi connectivity index (χ4v) is 3.68. The van der Waals surface area contributed by atoms with Gasteiger partial charge in [-0.1, -0.05) is 25.2 Å². The van der Waals surface area contributed by atoms with Gasteiger partial charge in [-0.15, -0.1) is 11.8 Å². The summed E-state index contributed by atoms with van der Waals surface area (Å²) in [5, 5.41) is 3.65. The molecule has 1 fully saturated rings. The molecule has 1 aromatic carbocycles. The number of thiocarbonyl (C=S) groups is 1. The Morgan fingerprint density at radius 1 is 1.55 bits per heavy atom. The molecular formula is C15H23N3S2. The Balaban J connectivity index is 2.18. The zero-order valence-electron chi connectivity index (χ0n) is 12.2. The number of anilines is 1. The maximum absolute atomic E-state index is 5.92. The van der Waals surface area contributed by atoms with Crippen LogP contribution in [0, 0.1) is 0 Å². The van der Waals surface area contributed by atoms with E-state index in [1.54, 1.807) is 11.8 Å². The van der Waals surface area contributed by atoms with Crippen molar-refractivity contribution >= 4 is 34.7 Å². The molecular weight excluding hydrogens is 286 g/mol. The highest BCUT2D eigenvalue weighted by molar-refractivity contribution is 7.98. The van der Waals surface area contributed by atoms with E-state index < -0.39 is 0 Å². The van der Waals surface area contributed by atoms with Gasteiger partial charge in [0.05, 0.1) is 0 Å². The van der Waals surface area contributed by atoms with E-state index in [1.165, 1.54) is 19.4 Å². The van der Waals surface area contributed by atoms with E-state index in [-0.39, 0.29) is 0 Å². The molecule has 0 saturated carbocycles. The molecule has 0 spiro atoms. The van der Waals surface area contributed by atoms with Crippen LogP contribution in [0.25, 0.3) is 0 Å². The lowest BCUT2D eigenvalue weighted by atomic mass is 10.0. The summed E-state index contributed by atoms with van der Waals surface area (Å²) in [6, 6.07) is 6.70. The number of likely N-dealkylation sites (tertiary alicyclic amines) is 1. The van der Waals surface area contributed by atoms with E-state index in [4.69, 9.17) is 18.0 Å². The number of hydrogen-bond donors (Lipinski definition) is 2. The van der Waals surface area contributed by atoms with E-state index in [1.807, 2.05) is 0 Å². The third kappa shape index (κ3) is 3.65. The Hall–Kier alpha value is -0.780. The summed E-state index contributed by atoms with van der Waals surface area (Å²) in [6.07, 6.45) is 4.51. The fourth-order valence-electron chi connectivity index (χ4n) is 2.76. The monoisotopic (exact) mass is 309 g/mol. The van der Waals surface area contributed by atoms with Crippen LogP contribution < -0.4 is 11.1 Å². The van der Waals surface area contributed by atoms with E-state index in [0.717, 1.165) is 29.2 Å². The van der Waals surface area contributed by atoms with Crippen LogP contribution in [0.3, 0.4) is 0 Å². The van der Waals surface area contributed by atoms with Crippen LogP contribution in [0.5, 0.6) is 0 Å². The Kier molecular flexibility index (Phi) is 5.69. The first kappa shape index (κ1) is 15.6. The Morgan fingerprint density at radius 3 is 3.00 bits per heavy atom. The second-order valence-corrected chi connectivity index (χ2v) is 6.41. The molecule has 1 saturated heterocycles. The van der Waals surface area contributed by atoms with Crippen molar-refractivity contribution in [2.24, 2.45) is 5.73 Å². The largest absolute Gasteiger partial charge is 0.389 e. The number of hydrogen-bond acceptors (Lipinski definition) is 4. The molecule has 1 aliphatic heterocycles. The number of likely N-dealkylation sites (N-methyl/N-ethyl adjacent to an activating group) is 1. The van der Waals surface area contributed by atoms with Crippen molar-refractivity contribution in [1.82, 2.24) is 4.90 Å². The summed E-state index contributed by atoms with van der Waals surface area (Å²) < 4.78 is 0. The van der Waals surface area contributed by atoms with Gasteiger partial charge in [-0.3, -0.25) is 0 Å². The molecule has 1 heterocycles. The molecule has 3 N–H and O–H groups in total. The average Bonchev–Trinajstić information content (AvgIpc) is 2.46. The maximum atomic E-state index is 5.92. The lowest BCUT2D eigenvalue weighted by Gasteiger charge is -2.33. The maximum Gasteiger partial charge on any atom is 0.107 e. The minimum atomic E-state index is 0.473. The lowest BCUT2D eigenvalue weighted by molar-refractivity contribution is 0.227. The van der Waals surface area contributed by atoms with Gasteiger partial charge < -0.3 is 16.0 Å². The Bertz CT molecular complexity index is 476. The van der Waals surface area contributed by atoms with Crippen LogP contribution >= 0.6 is 24.0 Å². The molecule has 1 aromatic rings. The average molecular weight is 310 g/mol. The Morgan fingerprint density at radius 2 is 2.35 bits per heavy atom. The highest BCUT2D eigenvalue weighted by Crippen LogP contribution is 2.28. The molecule has 110 valence electrons. The normalized spacial score (nSPS) is 19.8. The van der Waals surface area contributed by atoms with Crippen LogP contribution in [-0.4, -0.2) is 41.8 Å². The number of rotatable bonds is 5. The molecule has 0 aliphatic carbocycles. The van der Waals surface area contributed by atoms with E-state index in [2.05, 4.69) is 41.6 Å². The molecule has 5 heteroatoms. The minimum Gasteiger partial charge on any atom is -0.389 e. The molecule has 1 unspecified atom stereocenters. The first-order chi connectivity index (χ1) is 9.65. The van der Waals surface area contributed by atoms with Crippen molar-refractivity contribution in [3.63, 3.8) is 0 Å². The van der Waals surface area contributed by atoms with E-state index in [9.17, 15) is 0 Å². The summed E-state index contributed by atoms with van der Waals surface area (Å²) in [7, 11) is 0. The zero-order chi connectivity index (χ0) is 14.5. The molecule has 0 amide bonds. The molecule has 3 nitrogen and oxygen atoms in total. The summed E-state index contributed by atoms with van der Waals surface area (Å²) in [5.74, 6) is 0.